The maximum absolute atomic E-state index is 12.5. The van der Waals surface area contributed by atoms with Crippen LogP contribution in [0.3, 0.4) is 0 Å². The molecule has 0 aromatic carbocycles. The molecule has 6 heteroatoms. The molecule has 3 N–H and O–H groups in total. The monoisotopic (exact) mass is 1130 g/mol. The van der Waals surface area contributed by atoms with E-state index >= 15 is 0 Å². The Labute approximate surface area is 505 Å². The van der Waals surface area contributed by atoms with Crippen molar-refractivity contribution in [3.8, 4) is 0 Å². The second kappa shape index (κ2) is 70.0. The van der Waals surface area contributed by atoms with Crippen molar-refractivity contribution >= 4 is 11.9 Å². The number of unbranched alkanes of at least 4 members (excludes halogenated alkanes) is 48. The summed E-state index contributed by atoms with van der Waals surface area (Å²) in [4.78, 5) is 24.6. The van der Waals surface area contributed by atoms with E-state index in [1.807, 2.05) is 6.08 Å². The number of hydrogen-bond acceptors (Lipinski definition) is 5. The molecule has 0 radical (unpaired) electrons. The van der Waals surface area contributed by atoms with Crippen LogP contribution in [-0.4, -0.2) is 47.4 Å². The molecule has 0 saturated heterocycles. The third-order valence-corrected chi connectivity index (χ3v) is 16.5. The van der Waals surface area contributed by atoms with E-state index in [0.29, 0.717) is 19.4 Å². The first-order chi connectivity index (χ1) is 40.0. The largest absolute Gasteiger partial charge is 0.466 e. The van der Waals surface area contributed by atoms with Crippen molar-refractivity contribution < 1.29 is 24.5 Å². The molecular weight excluding hydrogens is 995 g/mol. The quantitative estimate of drug-likeness (QED) is 0.0320. The normalized spacial score (nSPS) is 12.9. The maximum Gasteiger partial charge on any atom is 0.305 e. The van der Waals surface area contributed by atoms with E-state index in [-0.39, 0.29) is 18.5 Å². The summed E-state index contributed by atoms with van der Waals surface area (Å²) in [6.07, 6.45) is 93.0. The fourth-order valence-electron chi connectivity index (χ4n) is 11.0. The molecular formula is C75H139NO5. The van der Waals surface area contributed by atoms with Gasteiger partial charge in [0.05, 0.1) is 25.4 Å². The van der Waals surface area contributed by atoms with Crippen LogP contribution in [0.25, 0.3) is 0 Å². The highest BCUT2D eigenvalue weighted by Gasteiger charge is 2.18. The topological polar surface area (TPSA) is 95.9 Å². The number of esters is 1. The number of carbonyl (C=O) groups excluding carboxylic acids is 2. The highest BCUT2D eigenvalue weighted by molar-refractivity contribution is 5.76. The van der Waals surface area contributed by atoms with Crippen LogP contribution in [0, 0.1) is 0 Å². The van der Waals surface area contributed by atoms with E-state index in [0.717, 1.165) is 57.8 Å². The highest BCUT2D eigenvalue weighted by atomic mass is 16.5. The number of amides is 1. The van der Waals surface area contributed by atoms with Gasteiger partial charge in [0.1, 0.15) is 0 Å². The van der Waals surface area contributed by atoms with Crippen LogP contribution in [-0.2, 0) is 14.3 Å². The Morgan fingerprint density at radius 1 is 0.346 bits per heavy atom. The Morgan fingerprint density at radius 3 is 0.975 bits per heavy atom. The van der Waals surface area contributed by atoms with Crippen LogP contribution in [0.5, 0.6) is 0 Å². The molecule has 81 heavy (non-hydrogen) atoms. The lowest BCUT2D eigenvalue weighted by Crippen LogP contribution is -2.45. The molecule has 2 unspecified atom stereocenters. The summed E-state index contributed by atoms with van der Waals surface area (Å²) in [5, 5.41) is 23.3. The first kappa shape index (κ1) is 78.6. The average Bonchev–Trinajstić information content (AvgIpc) is 3.47. The molecule has 0 aliphatic carbocycles. The fraction of sp³-hybridized carbons (Fsp3) is 0.840. The smallest absolute Gasteiger partial charge is 0.305 e. The number of allylic oxidation sites excluding steroid dienone is 9. The highest BCUT2D eigenvalue weighted by Crippen LogP contribution is 2.18. The number of ether oxygens (including phenoxy) is 1. The molecule has 0 rings (SSSR count). The number of aliphatic hydroxyl groups is 2. The summed E-state index contributed by atoms with van der Waals surface area (Å²) in [7, 11) is 0. The molecule has 0 saturated carbocycles. The van der Waals surface area contributed by atoms with Crippen LogP contribution in [0.2, 0.25) is 0 Å². The zero-order valence-electron chi connectivity index (χ0n) is 54.3. The minimum absolute atomic E-state index is 0.00310. The van der Waals surface area contributed by atoms with Gasteiger partial charge >= 0.3 is 5.97 Å². The summed E-state index contributed by atoms with van der Waals surface area (Å²) in [5.41, 5.74) is 0. The third kappa shape index (κ3) is 66.6. The van der Waals surface area contributed by atoms with E-state index in [4.69, 9.17) is 4.74 Å². The lowest BCUT2D eigenvalue weighted by molar-refractivity contribution is -0.143. The Kier molecular flexibility index (Phi) is 67.9. The minimum Gasteiger partial charge on any atom is -0.466 e. The Balaban J connectivity index is 3.44. The van der Waals surface area contributed by atoms with Crippen molar-refractivity contribution in [1.82, 2.24) is 5.32 Å². The first-order valence-corrected chi connectivity index (χ1v) is 36.1. The van der Waals surface area contributed by atoms with Gasteiger partial charge in [0.2, 0.25) is 5.91 Å². The first-order valence-electron chi connectivity index (χ1n) is 36.1. The van der Waals surface area contributed by atoms with Crippen molar-refractivity contribution in [2.45, 2.75) is 392 Å². The van der Waals surface area contributed by atoms with Crippen molar-refractivity contribution in [2.24, 2.45) is 0 Å². The molecule has 0 spiro atoms. The summed E-state index contributed by atoms with van der Waals surface area (Å²) < 4.78 is 5.48. The molecule has 1 amide bonds. The predicted molar refractivity (Wildman–Crippen MR) is 356 cm³/mol. The van der Waals surface area contributed by atoms with Gasteiger partial charge in [-0.15, -0.1) is 0 Å². The molecule has 6 nitrogen and oxygen atoms in total. The fourth-order valence-corrected chi connectivity index (χ4v) is 11.0. The summed E-state index contributed by atoms with van der Waals surface area (Å²) >= 11 is 0. The van der Waals surface area contributed by atoms with Gasteiger partial charge in [-0.05, 0) is 89.9 Å². The number of rotatable bonds is 67. The molecule has 2 atom stereocenters. The van der Waals surface area contributed by atoms with Gasteiger partial charge < -0.3 is 20.3 Å². The molecule has 0 heterocycles. The lowest BCUT2D eigenvalue weighted by Gasteiger charge is -2.20. The minimum atomic E-state index is -0.847. The third-order valence-electron chi connectivity index (χ3n) is 16.5. The summed E-state index contributed by atoms with van der Waals surface area (Å²) in [5.74, 6) is -0.0693. The average molecular weight is 1130 g/mol. The van der Waals surface area contributed by atoms with E-state index in [2.05, 4.69) is 67.8 Å². The van der Waals surface area contributed by atoms with Crippen molar-refractivity contribution in [1.29, 1.82) is 0 Å². The Hall–Kier alpha value is -2.44. The summed E-state index contributed by atoms with van der Waals surface area (Å²) in [6, 6.07) is -0.631. The molecule has 474 valence electrons. The standard InChI is InChI=1S/C75H139NO5/c1-3-5-7-9-11-13-15-17-19-20-21-31-34-37-40-43-47-51-55-59-63-67-73(78)72(71-77)76-74(79)68-64-60-56-52-48-44-41-38-35-32-29-27-25-23-22-24-26-28-30-33-36-39-42-46-50-54-58-62-66-70-81-75(80)69-65-61-57-53-49-45-18-16-14-12-10-8-6-4-2/h10,12,16,18,22,24,28,30,63,67,72-73,77-78H,3-9,11,13-15,17,19-21,23,25-27,29,31-62,64-66,68-71H2,1-2H3,(H,76,79)/b12-10-,18-16-,24-22-,30-28-,67-63+. The molecule has 0 aromatic rings. The molecule has 0 aliphatic heterocycles. The zero-order chi connectivity index (χ0) is 58.5. The lowest BCUT2D eigenvalue weighted by atomic mass is 10.0. The number of carbonyl (C=O) groups is 2. The van der Waals surface area contributed by atoms with Crippen LogP contribution in [0.15, 0.2) is 60.8 Å². The molecule has 0 aromatic heterocycles. The van der Waals surface area contributed by atoms with E-state index < -0.39 is 12.1 Å². The van der Waals surface area contributed by atoms with Gasteiger partial charge in [-0.1, -0.05) is 338 Å². The van der Waals surface area contributed by atoms with Gasteiger partial charge in [-0.2, -0.15) is 0 Å². The van der Waals surface area contributed by atoms with Gasteiger partial charge in [-0.3, -0.25) is 9.59 Å². The van der Waals surface area contributed by atoms with Crippen LogP contribution < -0.4 is 5.32 Å². The molecule has 0 aliphatic rings. The van der Waals surface area contributed by atoms with Crippen LogP contribution >= 0.6 is 0 Å². The van der Waals surface area contributed by atoms with E-state index in [9.17, 15) is 19.8 Å². The number of hydrogen-bond donors (Lipinski definition) is 3. The Morgan fingerprint density at radius 2 is 0.630 bits per heavy atom. The van der Waals surface area contributed by atoms with Crippen LogP contribution in [0.4, 0.5) is 0 Å². The maximum atomic E-state index is 12.5. The summed E-state index contributed by atoms with van der Waals surface area (Å²) in [6.45, 7) is 4.88. The van der Waals surface area contributed by atoms with Crippen LogP contribution in [0.1, 0.15) is 380 Å². The van der Waals surface area contributed by atoms with Crippen molar-refractivity contribution in [2.75, 3.05) is 13.2 Å². The molecule has 0 bridgehead atoms. The number of aliphatic hydroxyl groups excluding tert-OH is 2. The van der Waals surface area contributed by atoms with E-state index in [1.165, 1.54) is 295 Å². The van der Waals surface area contributed by atoms with Gasteiger partial charge in [0, 0.05) is 12.8 Å². The molecule has 0 fully saturated rings. The second-order valence-corrected chi connectivity index (χ2v) is 24.6. The van der Waals surface area contributed by atoms with Crippen molar-refractivity contribution in [3.63, 3.8) is 0 Å². The van der Waals surface area contributed by atoms with Crippen molar-refractivity contribution in [3.05, 3.63) is 60.8 Å². The second-order valence-electron chi connectivity index (χ2n) is 24.6. The Bertz CT molecular complexity index is 1400. The van der Waals surface area contributed by atoms with Gasteiger partial charge in [-0.25, -0.2) is 0 Å². The zero-order valence-corrected chi connectivity index (χ0v) is 54.3. The SMILES string of the molecule is CCCC/C=C\C/C=C\CCCCCCCC(=O)OCCCCCCCCCCC/C=C\C/C=C\CCCCCCCCCCCCCCCC(=O)NC(CO)C(O)/C=C/CCCCCCCCCCCCCCCCCCCCC. The predicted octanol–water partition coefficient (Wildman–Crippen LogP) is 23.4. The van der Waals surface area contributed by atoms with E-state index in [1.54, 1.807) is 6.08 Å². The van der Waals surface area contributed by atoms with Gasteiger partial charge in [0.15, 0.2) is 0 Å². The number of nitrogens with one attached hydrogen (secondary N) is 1. The van der Waals surface area contributed by atoms with Gasteiger partial charge in [0.25, 0.3) is 0 Å².